The van der Waals surface area contributed by atoms with Crippen LogP contribution < -0.4 is 16.4 Å². The smallest absolute Gasteiger partial charge is 0.261 e. The molecular weight excluding hydrogens is 530 g/mol. The summed E-state index contributed by atoms with van der Waals surface area (Å²) in [5, 5.41) is 5.54. The number of benzene rings is 3. The van der Waals surface area contributed by atoms with Gasteiger partial charge in [0.05, 0.1) is 17.9 Å². The molecule has 9 heteroatoms. The van der Waals surface area contributed by atoms with Gasteiger partial charge in [0.2, 0.25) is 11.8 Å². The standard InChI is InChI=1S/C27H25BrF2N4O2/c28-20-10-12-21(13-11-20)32-26(36)25(34-16-15-27(29,30)17-34)19-8-5-18(6-9-19)7-14-24(35)33-23-4-2-1-3-22(23)31/h1-14,25H,15-17,31H2,(H,32,36)(H,33,35)/b14-7+. The van der Waals surface area contributed by atoms with E-state index >= 15 is 0 Å². The van der Waals surface area contributed by atoms with Gasteiger partial charge in [-0.1, -0.05) is 52.3 Å². The van der Waals surface area contributed by atoms with E-state index in [9.17, 15) is 18.4 Å². The fourth-order valence-corrected chi connectivity index (χ4v) is 4.27. The van der Waals surface area contributed by atoms with Crippen molar-refractivity contribution in [2.45, 2.75) is 18.4 Å². The lowest BCUT2D eigenvalue weighted by molar-refractivity contribution is -0.121. The summed E-state index contributed by atoms with van der Waals surface area (Å²) < 4.78 is 28.8. The molecule has 0 radical (unpaired) electrons. The third-order valence-corrected chi connectivity index (χ3v) is 6.35. The van der Waals surface area contributed by atoms with Crippen LogP contribution in [0.5, 0.6) is 0 Å². The number of nitrogens with one attached hydrogen (secondary N) is 2. The summed E-state index contributed by atoms with van der Waals surface area (Å²) in [6.45, 7) is -0.383. The summed E-state index contributed by atoms with van der Waals surface area (Å²) in [6.07, 6.45) is 2.70. The van der Waals surface area contributed by atoms with E-state index in [-0.39, 0.29) is 18.9 Å². The number of nitrogen functional groups attached to an aromatic ring is 1. The molecule has 2 amide bonds. The van der Waals surface area contributed by atoms with Gasteiger partial charge in [-0.2, -0.15) is 0 Å². The zero-order valence-corrected chi connectivity index (χ0v) is 20.8. The number of carbonyl (C=O) groups excluding carboxylic acids is 2. The third-order valence-electron chi connectivity index (χ3n) is 5.82. The number of rotatable bonds is 7. The molecule has 0 aromatic heterocycles. The second kappa shape index (κ2) is 11.0. The number of alkyl halides is 2. The van der Waals surface area contributed by atoms with E-state index in [2.05, 4.69) is 26.6 Å². The van der Waals surface area contributed by atoms with Crippen LogP contribution in [-0.4, -0.2) is 35.7 Å². The minimum absolute atomic E-state index is 0.107. The van der Waals surface area contributed by atoms with Crippen molar-refractivity contribution >= 4 is 50.9 Å². The number of anilines is 3. The van der Waals surface area contributed by atoms with E-state index in [1.165, 1.54) is 11.0 Å². The molecule has 1 unspecified atom stereocenters. The average molecular weight is 555 g/mol. The van der Waals surface area contributed by atoms with Crippen molar-refractivity contribution in [3.63, 3.8) is 0 Å². The van der Waals surface area contributed by atoms with Crippen molar-refractivity contribution in [3.05, 3.63) is 94.5 Å². The third kappa shape index (κ3) is 6.56. The molecule has 0 aliphatic carbocycles. The summed E-state index contributed by atoms with van der Waals surface area (Å²) >= 11 is 3.35. The molecule has 4 N–H and O–H groups in total. The van der Waals surface area contributed by atoms with E-state index in [0.717, 1.165) is 4.47 Å². The van der Waals surface area contributed by atoms with Crippen molar-refractivity contribution in [3.8, 4) is 0 Å². The van der Waals surface area contributed by atoms with Crippen LogP contribution in [-0.2, 0) is 9.59 Å². The zero-order chi connectivity index (χ0) is 25.7. The summed E-state index contributed by atoms with van der Waals surface area (Å²) in [5.41, 5.74) is 8.70. The molecule has 186 valence electrons. The van der Waals surface area contributed by atoms with Crippen LogP contribution in [0, 0.1) is 0 Å². The molecule has 0 spiro atoms. The molecule has 4 rings (SSSR count). The van der Waals surface area contributed by atoms with Crippen LogP contribution >= 0.6 is 15.9 Å². The first-order chi connectivity index (χ1) is 17.2. The molecule has 1 aliphatic heterocycles. The fourth-order valence-electron chi connectivity index (χ4n) is 4.00. The van der Waals surface area contributed by atoms with Gasteiger partial charge in [-0.05, 0) is 53.6 Å². The Morgan fingerprint density at radius 3 is 2.33 bits per heavy atom. The van der Waals surface area contributed by atoms with Crippen molar-refractivity contribution in [1.29, 1.82) is 0 Å². The van der Waals surface area contributed by atoms with Crippen molar-refractivity contribution < 1.29 is 18.4 Å². The minimum Gasteiger partial charge on any atom is -0.397 e. The summed E-state index contributed by atoms with van der Waals surface area (Å²) in [5.74, 6) is -3.57. The van der Waals surface area contributed by atoms with Crippen molar-refractivity contribution in [2.24, 2.45) is 0 Å². The van der Waals surface area contributed by atoms with Crippen molar-refractivity contribution in [2.75, 3.05) is 29.5 Å². The molecule has 1 fully saturated rings. The Balaban J connectivity index is 1.49. The summed E-state index contributed by atoms with van der Waals surface area (Å²) in [4.78, 5) is 27.0. The number of carbonyl (C=O) groups is 2. The second-order valence-electron chi connectivity index (χ2n) is 8.55. The first kappa shape index (κ1) is 25.5. The average Bonchev–Trinajstić information content (AvgIpc) is 3.20. The van der Waals surface area contributed by atoms with Gasteiger partial charge < -0.3 is 16.4 Å². The SMILES string of the molecule is Nc1ccccc1NC(=O)/C=C/c1ccc(C(C(=O)Nc2ccc(Br)cc2)N2CCC(F)(F)C2)cc1. The summed E-state index contributed by atoms with van der Waals surface area (Å²) in [7, 11) is 0. The van der Waals surface area contributed by atoms with Gasteiger partial charge in [-0.3, -0.25) is 14.5 Å². The Hall–Kier alpha value is -3.56. The highest BCUT2D eigenvalue weighted by Gasteiger charge is 2.43. The van der Waals surface area contributed by atoms with Crippen molar-refractivity contribution in [1.82, 2.24) is 4.90 Å². The molecule has 3 aromatic carbocycles. The molecule has 0 bridgehead atoms. The Labute approximate surface area is 216 Å². The predicted octanol–water partition coefficient (Wildman–Crippen LogP) is 5.70. The number of amides is 2. The van der Waals surface area contributed by atoms with Gasteiger partial charge in [0.1, 0.15) is 6.04 Å². The molecular formula is C27H25BrF2N4O2. The van der Waals surface area contributed by atoms with E-state index < -0.39 is 24.4 Å². The maximum absolute atomic E-state index is 14.0. The fraction of sp³-hybridized carbons (Fsp3) is 0.185. The number of hydrogen-bond donors (Lipinski definition) is 3. The van der Waals surface area contributed by atoms with Crippen LogP contribution in [0.15, 0.2) is 83.3 Å². The van der Waals surface area contributed by atoms with Gasteiger partial charge in [0, 0.05) is 29.2 Å². The van der Waals surface area contributed by atoms with Crippen LogP contribution in [0.3, 0.4) is 0 Å². The highest BCUT2D eigenvalue weighted by Crippen LogP contribution is 2.34. The molecule has 1 atom stereocenters. The lowest BCUT2D eigenvalue weighted by Gasteiger charge is -2.27. The molecule has 0 saturated carbocycles. The number of nitrogens with zero attached hydrogens (tertiary/aromatic N) is 1. The monoisotopic (exact) mass is 554 g/mol. The normalized spacial score (nSPS) is 16.1. The van der Waals surface area contributed by atoms with E-state index in [1.807, 2.05) is 0 Å². The van der Waals surface area contributed by atoms with Crippen LogP contribution in [0.2, 0.25) is 0 Å². The number of para-hydroxylation sites is 2. The van der Waals surface area contributed by atoms with E-state index in [1.54, 1.807) is 78.9 Å². The number of likely N-dealkylation sites (tertiary alicyclic amines) is 1. The van der Waals surface area contributed by atoms with E-state index in [4.69, 9.17) is 5.73 Å². The van der Waals surface area contributed by atoms with E-state index in [0.29, 0.717) is 28.2 Å². The van der Waals surface area contributed by atoms with Gasteiger partial charge in [0.15, 0.2) is 0 Å². The quantitative estimate of drug-likeness (QED) is 0.258. The molecule has 1 saturated heterocycles. The van der Waals surface area contributed by atoms with Gasteiger partial charge >= 0.3 is 0 Å². The Morgan fingerprint density at radius 2 is 1.69 bits per heavy atom. The number of hydrogen-bond acceptors (Lipinski definition) is 4. The molecule has 6 nitrogen and oxygen atoms in total. The minimum atomic E-state index is -2.84. The zero-order valence-electron chi connectivity index (χ0n) is 19.3. The summed E-state index contributed by atoms with van der Waals surface area (Å²) in [6, 6.07) is 20.0. The first-order valence-corrected chi connectivity index (χ1v) is 12.1. The Morgan fingerprint density at radius 1 is 1.00 bits per heavy atom. The molecule has 3 aromatic rings. The Kier molecular flexibility index (Phi) is 7.81. The van der Waals surface area contributed by atoms with Crippen LogP contribution in [0.4, 0.5) is 25.8 Å². The number of halogens is 3. The van der Waals surface area contributed by atoms with Gasteiger partial charge in [-0.25, -0.2) is 8.78 Å². The maximum atomic E-state index is 14.0. The molecule has 1 heterocycles. The predicted molar refractivity (Wildman–Crippen MR) is 142 cm³/mol. The Bertz CT molecular complexity index is 1260. The van der Waals surface area contributed by atoms with Crippen LogP contribution in [0.1, 0.15) is 23.6 Å². The lowest BCUT2D eigenvalue weighted by atomic mass is 10.0. The highest BCUT2D eigenvalue weighted by molar-refractivity contribution is 9.10. The number of nitrogens with two attached hydrogens (primary N) is 1. The maximum Gasteiger partial charge on any atom is 0.261 e. The lowest BCUT2D eigenvalue weighted by Crippen LogP contribution is -2.37. The largest absolute Gasteiger partial charge is 0.397 e. The molecule has 36 heavy (non-hydrogen) atoms. The van der Waals surface area contributed by atoms with Gasteiger partial charge in [0.25, 0.3) is 5.92 Å². The van der Waals surface area contributed by atoms with Gasteiger partial charge in [-0.15, -0.1) is 0 Å². The topological polar surface area (TPSA) is 87.5 Å². The second-order valence-corrected chi connectivity index (χ2v) is 9.47. The molecule has 1 aliphatic rings. The first-order valence-electron chi connectivity index (χ1n) is 11.3. The van der Waals surface area contributed by atoms with Crippen LogP contribution in [0.25, 0.3) is 6.08 Å². The highest BCUT2D eigenvalue weighted by atomic mass is 79.9.